The second-order valence-electron chi connectivity index (χ2n) is 3.62. The number of ether oxygens (including phenoxy) is 2. The normalized spacial score (nSPS) is 10.2. The Labute approximate surface area is 95.0 Å². The fourth-order valence-corrected chi connectivity index (χ4v) is 1.69. The predicted molar refractivity (Wildman–Crippen MR) is 64.1 cm³/mol. The standard InChI is InChI=1S/C13H15NO2/c1-9-4-6-12(14-9)11-8-10(15-2)5-7-13(11)16-3/h4-8,14H,1-3H3. The van der Waals surface area contributed by atoms with Gasteiger partial charge in [-0.25, -0.2) is 0 Å². The minimum Gasteiger partial charge on any atom is -0.497 e. The van der Waals surface area contributed by atoms with Gasteiger partial charge in [-0.05, 0) is 37.3 Å². The van der Waals surface area contributed by atoms with E-state index in [0.717, 1.165) is 28.5 Å². The maximum atomic E-state index is 5.33. The van der Waals surface area contributed by atoms with E-state index in [0.29, 0.717) is 0 Å². The number of rotatable bonds is 3. The van der Waals surface area contributed by atoms with E-state index in [4.69, 9.17) is 9.47 Å². The quantitative estimate of drug-likeness (QED) is 0.857. The van der Waals surface area contributed by atoms with Crippen molar-refractivity contribution in [1.29, 1.82) is 0 Å². The smallest absolute Gasteiger partial charge is 0.128 e. The Morgan fingerprint density at radius 2 is 1.81 bits per heavy atom. The van der Waals surface area contributed by atoms with E-state index in [1.165, 1.54) is 0 Å². The number of aromatic nitrogens is 1. The number of aromatic amines is 1. The molecule has 0 saturated carbocycles. The van der Waals surface area contributed by atoms with E-state index < -0.39 is 0 Å². The van der Waals surface area contributed by atoms with Gasteiger partial charge in [0.15, 0.2) is 0 Å². The highest BCUT2D eigenvalue weighted by molar-refractivity contribution is 5.69. The molecule has 0 aliphatic heterocycles. The molecule has 0 fully saturated rings. The highest BCUT2D eigenvalue weighted by atomic mass is 16.5. The van der Waals surface area contributed by atoms with E-state index in [9.17, 15) is 0 Å². The Kier molecular flexibility index (Phi) is 2.86. The summed E-state index contributed by atoms with van der Waals surface area (Å²) in [5.74, 6) is 1.66. The largest absolute Gasteiger partial charge is 0.497 e. The van der Waals surface area contributed by atoms with Crippen molar-refractivity contribution in [1.82, 2.24) is 4.98 Å². The van der Waals surface area contributed by atoms with E-state index in [1.807, 2.05) is 37.3 Å². The van der Waals surface area contributed by atoms with Crippen LogP contribution in [0.2, 0.25) is 0 Å². The van der Waals surface area contributed by atoms with Crippen molar-refractivity contribution in [3.63, 3.8) is 0 Å². The van der Waals surface area contributed by atoms with Gasteiger partial charge in [0.05, 0.1) is 14.2 Å². The van der Waals surface area contributed by atoms with Crippen molar-refractivity contribution >= 4 is 0 Å². The molecule has 84 valence electrons. The Balaban J connectivity index is 2.52. The van der Waals surface area contributed by atoms with Crippen molar-refractivity contribution in [3.8, 4) is 22.8 Å². The third-order valence-electron chi connectivity index (χ3n) is 2.53. The monoisotopic (exact) mass is 217 g/mol. The summed E-state index contributed by atoms with van der Waals surface area (Å²) >= 11 is 0. The molecule has 0 saturated heterocycles. The van der Waals surface area contributed by atoms with Crippen molar-refractivity contribution in [2.75, 3.05) is 14.2 Å². The molecule has 0 spiro atoms. The van der Waals surface area contributed by atoms with Crippen LogP contribution >= 0.6 is 0 Å². The highest BCUT2D eigenvalue weighted by Crippen LogP contribution is 2.32. The van der Waals surface area contributed by atoms with Gasteiger partial charge in [0.2, 0.25) is 0 Å². The Morgan fingerprint density at radius 1 is 1.00 bits per heavy atom. The number of benzene rings is 1. The average Bonchev–Trinajstić information content (AvgIpc) is 2.75. The Morgan fingerprint density at radius 3 is 2.38 bits per heavy atom. The zero-order chi connectivity index (χ0) is 11.5. The van der Waals surface area contributed by atoms with Crippen LogP contribution < -0.4 is 9.47 Å². The lowest BCUT2D eigenvalue weighted by molar-refractivity contribution is 0.404. The van der Waals surface area contributed by atoms with Crippen molar-refractivity contribution in [2.45, 2.75) is 6.92 Å². The third-order valence-corrected chi connectivity index (χ3v) is 2.53. The van der Waals surface area contributed by atoms with Gasteiger partial charge >= 0.3 is 0 Å². The van der Waals surface area contributed by atoms with E-state index in [-0.39, 0.29) is 0 Å². The maximum Gasteiger partial charge on any atom is 0.128 e. The van der Waals surface area contributed by atoms with Gasteiger partial charge in [-0.15, -0.1) is 0 Å². The van der Waals surface area contributed by atoms with E-state index in [1.54, 1.807) is 14.2 Å². The van der Waals surface area contributed by atoms with Gasteiger partial charge in [0.1, 0.15) is 11.5 Å². The molecular formula is C13H15NO2. The molecule has 16 heavy (non-hydrogen) atoms. The lowest BCUT2D eigenvalue weighted by Crippen LogP contribution is -1.90. The molecule has 0 atom stereocenters. The molecule has 0 aliphatic carbocycles. The first-order valence-corrected chi connectivity index (χ1v) is 5.12. The molecule has 2 rings (SSSR count). The molecule has 0 unspecified atom stereocenters. The number of H-pyrrole nitrogens is 1. The molecule has 0 bridgehead atoms. The van der Waals surface area contributed by atoms with Crippen LogP contribution in [0.3, 0.4) is 0 Å². The lowest BCUT2D eigenvalue weighted by atomic mass is 10.1. The summed E-state index contributed by atoms with van der Waals surface area (Å²) < 4.78 is 10.5. The maximum absolute atomic E-state index is 5.33. The van der Waals surface area contributed by atoms with Crippen molar-refractivity contribution < 1.29 is 9.47 Å². The van der Waals surface area contributed by atoms with E-state index in [2.05, 4.69) is 4.98 Å². The first kappa shape index (κ1) is 10.6. The van der Waals surface area contributed by atoms with Gasteiger partial charge < -0.3 is 14.5 Å². The van der Waals surface area contributed by atoms with Gasteiger partial charge in [-0.1, -0.05) is 0 Å². The van der Waals surface area contributed by atoms with Crippen molar-refractivity contribution in [2.24, 2.45) is 0 Å². The van der Waals surface area contributed by atoms with Crippen LogP contribution in [0, 0.1) is 6.92 Å². The van der Waals surface area contributed by atoms with Crippen LogP contribution in [-0.4, -0.2) is 19.2 Å². The van der Waals surface area contributed by atoms with Gasteiger partial charge in [0.25, 0.3) is 0 Å². The molecule has 0 aliphatic rings. The van der Waals surface area contributed by atoms with Crippen LogP contribution in [0.1, 0.15) is 5.69 Å². The zero-order valence-electron chi connectivity index (χ0n) is 9.70. The van der Waals surface area contributed by atoms with Crippen LogP contribution in [0.5, 0.6) is 11.5 Å². The molecule has 0 amide bonds. The van der Waals surface area contributed by atoms with Crippen LogP contribution in [-0.2, 0) is 0 Å². The van der Waals surface area contributed by atoms with Crippen LogP contribution in [0.25, 0.3) is 11.3 Å². The summed E-state index contributed by atoms with van der Waals surface area (Å²) in [5, 5.41) is 0. The van der Waals surface area contributed by atoms with Crippen LogP contribution in [0.4, 0.5) is 0 Å². The summed E-state index contributed by atoms with van der Waals surface area (Å²) in [4.78, 5) is 3.28. The summed E-state index contributed by atoms with van der Waals surface area (Å²) in [7, 11) is 3.33. The number of methoxy groups -OCH3 is 2. The van der Waals surface area contributed by atoms with Crippen molar-refractivity contribution in [3.05, 3.63) is 36.0 Å². The molecule has 3 heteroatoms. The molecule has 3 nitrogen and oxygen atoms in total. The molecule has 1 aromatic carbocycles. The summed E-state index contributed by atoms with van der Waals surface area (Å²) in [6, 6.07) is 9.83. The van der Waals surface area contributed by atoms with Gasteiger partial charge in [-0.2, -0.15) is 0 Å². The first-order chi connectivity index (χ1) is 7.74. The molecule has 1 aromatic heterocycles. The molecule has 2 aromatic rings. The third kappa shape index (κ3) is 1.89. The average molecular weight is 217 g/mol. The Bertz CT molecular complexity index is 488. The zero-order valence-corrected chi connectivity index (χ0v) is 9.70. The molecule has 1 N–H and O–H groups in total. The fourth-order valence-electron chi connectivity index (χ4n) is 1.69. The van der Waals surface area contributed by atoms with E-state index >= 15 is 0 Å². The number of hydrogen-bond donors (Lipinski definition) is 1. The second-order valence-corrected chi connectivity index (χ2v) is 3.62. The number of hydrogen-bond acceptors (Lipinski definition) is 2. The number of nitrogens with one attached hydrogen (secondary N) is 1. The predicted octanol–water partition coefficient (Wildman–Crippen LogP) is 3.01. The lowest BCUT2D eigenvalue weighted by Gasteiger charge is -2.09. The minimum absolute atomic E-state index is 0.822. The topological polar surface area (TPSA) is 34.2 Å². The second kappa shape index (κ2) is 4.31. The van der Waals surface area contributed by atoms with Gasteiger partial charge in [-0.3, -0.25) is 0 Å². The fraction of sp³-hybridized carbons (Fsp3) is 0.231. The SMILES string of the molecule is COc1ccc(OC)c(-c2ccc(C)[nH]2)c1. The number of aryl methyl sites for hydroxylation is 1. The molecule has 1 heterocycles. The summed E-state index contributed by atoms with van der Waals surface area (Å²) in [6.07, 6.45) is 0. The summed E-state index contributed by atoms with van der Waals surface area (Å²) in [6.45, 7) is 2.02. The summed E-state index contributed by atoms with van der Waals surface area (Å²) in [5.41, 5.74) is 3.17. The molecular weight excluding hydrogens is 202 g/mol. The first-order valence-electron chi connectivity index (χ1n) is 5.12. The minimum atomic E-state index is 0.822. The molecule has 0 radical (unpaired) electrons. The van der Waals surface area contributed by atoms with Gasteiger partial charge in [0, 0.05) is 17.0 Å². The highest BCUT2D eigenvalue weighted by Gasteiger charge is 2.08. The van der Waals surface area contributed by atoms with Crippen LogP contribution in [0.15, 0.2) is 30.3 Å². The Hall–Kier alpha value is -1.90.